The lowest BCUT2D eigenvalue weighted by Gasteiger charge is -2.26. The molecule has 0 unspecified atom stereocenters. The first-order chi connectivity index (χ1) is 6.83. The Kier molecular flexibility index (Phi) is 5.32. The number of carbonyl (C=O) groups is 1. The van der Waals surface area contributed by atoms with Gasteiger partial charge in [-0.25, -0.2) is 4.79 Å². The number of nitrogens with zero attached hydrogens (tertiary/aromatic N) is 1. The first-order valence-corrected chi connectivity index (χ1v) is 4.97. The fourth-order valence-corrected chi connectivity index (χ4v) is 1.44. The average molecular weight is 202 g/mol. The zero-order valence-electron chi connectivity index (χ0n) is 8.62. The molecule has 1 fully saturated rings. The summed E-state index contributed by atoms with van der Waals surface area (Å²) in [4.78, 5) is 13.0. The molecule has 0 spiro atoms. The lowest BCUT2D eigenvalue weighted by Crippen LogP contribution is -2.43. The Morgan fingerprint density at radius 1 is 1.43 bits per heavy atom. The van der Waals surface area contributed by atoms with Crippen molar-refractivity contribution in [1.29, 1.82) is 0 Å². The second-order valence-electron chi connectivity index (χ2n) is 3.25. The summed E-state index contributed by atoms with van der Waals surface area (Å²) in [6, 6.07) is 0. The Labute approximate surface area is 84.4 Å². The fraction of sp³-hybridized carbons (Fsp3) is 0.889. The van der Waals surface area contributed by atoms with Crippen LogP contribution in [-0.2, 0) is 9.47 Å². The van der Waals surface area contributed by atoms with Crippen LogP contribution in [0.25, 0.3) is 0 Å². The smallest absolute Gasteiger partial charge is 0.438 e. The average Bonchev–Trinajstić information content (AvgIpc) is 2.25. The molecule has 1 saturated heterocycles. The fourth-order valence-electron chi connectivity index (χ4n) is 1.44. The van der Waals surface area contributed by atoms with Gasteiger partial charge in [0, 0.05) is 32.7 Å². The number of methoxy groups -OCH3 is 1. The van der Waals surface area contributed by atoms with E-state index in [0.29, 0.717) is 6.61 Å². The van der Waals surface area contributed by atoms with Gasteiger partial charge in [0.25, 0.3) is 0 Å². The van der Waals surface area contributed by atoms with Crippen molar-refractivity contribution in [2.75, 3.05) is 46.4 Å². The Hall–Kier alpha value is -0.810. The van der Waals surface area contributed by atoms with Crippen molar-refractivity contribution in [3.63, 3.8) is 0 Å². The van der Waals surface area contributed by atoms with E-state index in [0.717, 1.165) is 39.1 Å². The van der Waals surface area contributed by atoms with Gasteiger partial charge in [-0.2, -0.15) is 0 Å². The Morgan fingerprint density at radius 3 is 2.79 bits per heavy atom. The summed E-state index contributed by atoms with van der Waals surface area (Å²) in [5, 5.41) is 3.29. The van der Waals surface area contributed by atoms with Crippen molar-refractivity contribution in [3.05, 3.63) is 0 Å². The summed E-state index contributed by atoms with van der Waals surface area (Å²) in [5.74, 6) is 0. The molecule has 0 radical (unpaired) electrons. The van der Waals surface area contributed by atoms with Crippen molar-refractivity contribution in [1.82, 2.24) is 10.2 Å². The van der Waals surface area contributed by atoms with E-state index in [1.807, 2.05) is 0 Å². The van der Waals surface area contributed by atoms with E-state index in [2.05, 4.69) is 15.0 Å². The van der Waals surface area contributed by atoms with Gasteiger partial charge >= 0.3 is 6.16 Å². The van der Waals surface area contributed by atoms with E-state index < -0.39 is 6.16 Å². The highest BCUT2D eigenvalue weighted by molar-refractivity contribution is 5.59. The highest BCUT2D eigenvalue weighted by Crippen LogP contribution is 1.95. The first-order valence-electron chi connectivity index (χ1n) is 4.97. The number of nitrogens with one attached hydrogen (secondary N) is 1. The molecule has 0 saturated carbocycles. The summed E-state index contributed by atoms with van der Waals surface area (Å²) in [7, 11) is 1.32. The number of piperazine rings is 1. The molecule has 1 aliphatic heterocycles. The van der Waals surface area contributed by atoms with Gasteiger partial charge in [-0.1, -0.05) is 0 Å². The van der Waals surface area contributed by atoms with Crippen LogP contribution in [-0.4, -0.2) is 57.5 Å². The molecule has 1 rings (SSSR count). The third-order valence-corrected chi connectivity index (χ3v) is 2.21. The molecule has 1 aliphatic rings. The van der Waals surface area contributed by atoms with Crippen LogP contribution in [0.1, 0.15) is 6.42 Å². The van der Waals surface area contributed by atoms with Crippen molar-refractivity contribution >= 4 is 6.16 Å². The Morgan fingerprint density at radius 2 is 2.14 bits per heavy atom. The molecular formula is C9H18N2O3. The Balaban J connectivity index is 1.94. The Bertz CT molecular complexity index is 169. The predicted molar refractivity (Wildman–Crippen MR) is 52.3 cm³/mol. The minimum atomic E-state index is -0.592. The van der Waals surface area contributed by atoms with Crippen LogP contribution < -0.4 is 5.32 Å². The van der Waals surface area contributed by atoms with Crippen LogP contribution in [0.15, 0.2) is 0 Å². The molecule has 0 aromatic heterocycles. The lowest BCUT2D eigenvalue weighted by molar-refractivity contribution is 0.0687. The normalized spacial score (nSPS) is 17.8. The standard InChI is InChI=1S/C9H18N2O3/c1-13-9(12)14-8-2-5-11-6-3-10-4-7-11/h10H,2-8H2,1H3. The van der Waals surface area contributed by atoms with E-state index in [4.69, 9.17) is 4.74 Å². The van der Waals surface area contributed by atoms with Gasteiger partial charge in [0.1, 0.15) is 0 Å². The van der Waals surface area contributed by atoms with Gasteiger partial charge in [-0.05, 0) is 6.42 Å². The third-order valence-electron chi connectivity index (χ3n) is 2.21. The maximum absolute atomic E-state index is 10.6. The third kappa shape index (κ3) is 4.43. The van der Waals surface area contributed by atoms with Gasteiger partial charge in [0.2, 0.25) is 0 Å². The lowest BCUT2D eigenvalue weighted by atomic mass is 10.3. The summed E-state index contributed by atoms with van der Waals surface area (Å²) < 4.78 is 9.14. The van der Waals surface area contributed by atoms with Gasteiger partial charge in [-0.3, -0.25) is 0 Å². The van der Waals surface area contributed by atoms with Gasteiger partial charge in [-0.15, -0.1) is 0 Å². The molecule has 1 heterocycles. The van der Waals surface area contributed by atoms with E-state index in [1.54, 1.807) is 0 Å². The van der Waals surface area contributed by atoms with Gasteiger partial charge in [0.15, 0.2) is 0 Å². The molecule has 5 nitrogen and oxygen atoms in total. The summed E-state index contributed by atoms with van der Waals surface area (Å²) in [5.41, 5.74) is 0. The quantitative estimate of drug-likeness (QED) is 0.516. The van der Waals surface area contributed by atoms with Crippen molar-refractivity contribution in [2.45, 2.75) is 6.42 Å². The second kappa shape index (κ2) is 6.62. The van der Waals surface area contributed by atoms with Crippen LogP contribution in [0.4, 0.5) is 4.79 Å². The van der Waals surface area contributed by atoms with Gasteiger partial charge < -0.3 is 19.7 Å². The zero-order chi connectivity index (χ0) is 10.2. The number of ether oxygens (including phenoxy) is 2. The van der Waals surface area contributed by atoms with Crippen LogP contribution in [0.3, 0.4) is 0 Å². The number of carbonyl (C=O) groups excluding carboxylic acids is 1. The maximum atomic E-state index is 10.6. The van der Waals surface area contributed by atoms with Crippen molar-refractivity contribution < 1.29 is 14.3 Å². The molecule has 0 aliphatic carbocycles. The number of rotatable bonds is 4. The van der Waals surface area contributed by atoms with Crippen molar-refractivity contribution in [3.8, 4) is 0 Å². The highest BCUT2D eigenvalue weighted by Gasteiger charge is 2.08. The number of hydrogen-bond donors (Lipinski definition) is 1. The van der Waals surface area contributed by atoms with Crippen LogP contribution in [0.5, 0.6) is 0 Å². The predicted octanol–water partition coefficient (Wildman–Crippen LogP) is 0.0647. The number of hydrogen-bond acceptors (Lipinski definition) is 5. The van der Waals surface area contributed by atoms with E-state index >= 15 is 0 Å². The SMILES string of the molecule is COC(=O)OCCCN1CCNCC1. The molecule has 0 bridgehead atoms. The summed E-state index contributed by atoms with van der Waals surface area (Å²) in [6.07, 6.45) is 0.278. The van der Waals surface area contributed by atoms with Crippen LogP contribution in [0.2, 0.25) is 0 Å². The molecule has 1 N–H and O–H groups in total. The molecular weight excluding hydrogens is 184 g/mol. The van der Waals surface area contributed by atoms with Crippen molar-refractivity contribution in [2.24, 2.45) is 0 Å². The summed E-state index contributed by atoms with van der Waals surface area (Å²) in [6.45, 7) is 5.70. The van der Waals surface area contributed by atoms with Gasteiger partial charge in [0.05, 0.1) is 13.7 Å². The molecule has 0 aromatic carbocycles. The molecule has 14 heavy (non-hydrogen) atoms. The monoisotopic (exact) mass is 202 g/mol. The van der Waals surface area contributed by atoms with E-state index in [1.165, 1.54) is 7.11 Å². The highest BCUT2D eigenvalue weighted by atomic mass is 16.7. The molecule has 82 valence electrons. The van der Waals surface area contributed by atoms with E-state index in [9.17, 15) is 4.79 Å². The van der Waals surface area contributed by atoms with E-state index in [-0.39, 0.29) is 0 Å². The first kappa shape index (κ1) is 11.3. The molecule has 0 amide bonds. The minimum Gasteiger partial charge on any atom is -0.438 e. The zero-order valence-corrected chi connectivity index (χ0v) is 8.62. The van der Waals surface area contributed by atoms with Crippen LogP contribution >= 0.6 is 0 Å². The summed E-state index contributed by atoms with van der Waals surface area (Å²) >= 11 is 0. The minimum absolute atomic E-state index is 0.441. The largest absolute Gasteiger partial charge is 0.507 e. The molecule has 5 heteroatoms. The van der Waals surface area contributed by atoms with Crippen LogP contribution in [0, 0.1) is 0 Å². The second-order valence-corrected chi connectivity index (χ2v) is 3.25. The molecule has 0 atom stereocenters. The topological polar surface area (TPSA) is 50.8 Å². The molecule has 0 aromatic rings. The maximum Gasteiger partial charge on any atom is 0.507 e.